The fourth-order valence-electron chi connectivity index (χ4n) is 3.34. The van der Waals surface area contributed by atoms with Crippen LogP contribution >= 0.6 is 0 Å². The lowest BCUT2D eigenvalue weighted by atomic mass is 10.0. The molecule has 1 N–H and O–H groups in total. The molecule has 0 spiro atoms. The predicted molar refractivity (Wildman–Crippen MR) is 91.2 cm³/mol. The van der Waals surface area contributed by atoms with Crippen LogP contribution in [-0.2, 0) is 9.84 Å². The van der Waals surface area contributed by atoms with Gasteiger partial charge in [0.25, 0.3) is 0 Å². The third kappa shape index (κ3) is 2.43. The maximum Gasteiger partial charge on any atom is 0.183 e. The summed E-state index contributed by atoms with van der Waals surface area (Å²) in [7, 11) is -3.70. The minimum Gasteiger partial charge on any atom is -0.395 e. The van der Waals surface area contributed by atoms with Gasteiger partial charge in [-0.1, -0.05) is 47.5 Å². The van der Waals surface area contributed by atoms with Gasteiger partial charge >= 0.3 is 0 Å². The van der Waals surface area contributed by atoms with E-state index in [4.69, 9.17) is 0 Å². The van der Waals surface area contributed by atoms with Gasteiger partial charge in [-0.05, 0) is 31.5 Å². The average molecular weight is 341 g/mol. The number of rotatable bonds is 4. The molecule has 0 unspecified atom stereocenters. The van der Waals surface area contributed by atoms with E-state index in [9.17, 15) is 18.8 Å². The molecule has 0 amide bonds. The molecule has 4 nitrogen and oxygen atoms in total. The zero-order valence-electron chi connectivity index (χ0n) is 13.6. The van der Waals surface area contributed by atoms with Gasteiger partial charge in [0.15, 0.2) is 9.84 Å². The highest BCUT2D eigenvalue weighted by molar-refractivity contribution is 7.92. The van der Waals surface area contributed by atoms with Gasteiger partial charge in [0.1, 0.15) is 5.41 Å². The second-order valence-electron chi connectivity index (χ2n) is 6.48. The van der Waals surface area contributed by atoms with E-state index in [1.165, 1.54) is 0 Å². The topological polar surface area (TPSA) is 78.2 Å². The van der Waals surface area contributed by atoms with E-state index in [1.54, 1.807) is 24.3 Å². The Labute approximate surface area is 142 Å². The lowest BCUT2D eigenvalue weighted by Gasteiger charge is -2.06. The summed E-state index contributed by atoms with van der Waals surface area (Å²) in [6.45, 7) is 3.36. The number of aryl methyl sites for hydroxylation is 2. The van der Waals surface area contributed by atoms with Crippen molar-refractivity contribution in [2.24, 2.45) is 5.41 Å². The van der Waals surface area contributed by atoms with Crippen molar-refractivity contribution in [3.8, 4) is 6.07 Å². The summed E-state index contributed by atoms with van der Waals surface area (Å²) in [6.07, 6.45) is 0. The third-order valence-corrected chi connectivity index (χ3v) is 7.14. The molecule has 3 atom stereocenters. The van der Waals surface area contributed by atoms with Crippen molar-refractivity contribution in [1.82, 2.24) is 0 Å². The van der Waals surface area contributed by atoms with Gasteiger partial charge in [0.05, 0.1) is 22.8 Å². The van der Waals surface area contributed by atoms with E-state index in [0.29, 0.717) is 0 Å². The van der Waals surface area contributed by atoms with Gasteiger partial charge in [-0.15, -0.1) is 0 Å². The number of benzene rings is 2. The van der Waals surface area contributed by atoms with Crippen LogP contribution in [0.15, 0.2) is 53.4 Å². The molecule has 1 fully saturated rings. The number of hydrogen-bond donors (Lipinski definition) is 1. The van der Waals surface area contributed by atoms with Crippen molar-refractivity contribution >= 4 is 9.84 Å². The molecule has 24 heavy (non-hydrogen) atoms. The van der Waals surface area contributed by atoms with E-state index < -0.39 is 33.0 Å². The van der Waals surface area contributed by atoms with E-state index in [1.807, 2.05) is 38.1 Å². The molecule has 5 heteroatoms. The second-order valence-corrected chi connectivity index (χ2v) is 8.55. The number of aliphatic hydroxyl groups excluding tert-OH is 1. The minimum absolute atomic E-state index is 0.195. The first-order chi connectivity index (χ1) is 11.4. The molecule has 0 aromatic heterocycles. The minimum atomic E-state index is -3.70. The Morgan fingerprint density at radius 2 is 1.54 bits per heavy atom. The van der Waals surface area contributed by atoms with Gasteiger partial charge in [0, 0.05) is 5.92 Å². The number of nitriles is 1. The first-order valence-electron chi connectivity index (χ1n) is 7.76. The molecule has 2 aromatic rings. The van der Waals surface area contributed by atoms with Crippen LogP contribution in [0.25, 0.3) is 0 Å². The molecule has 2 aromatic carbocycles. The van der Waals surface area contributed by atoms with Gasteiger partial charge < -0.3 is 5.11 Å². The van der Waals surface area contributed by atoms with Crippen LogP contribution in [0.3, 0.4) is 0 Å². The van der Waals surface area contributed by atoms with Crippen LogP contribution in [0, 0.1) is 30.6 Å². The lowest BCUT2D eigenvalue weighted by molar-refractivity contribution is 0.242. The highest BCUT2D eigenvalue weighted by atomic mass is 32.2. The zero-order chi connectivity index (χ0) is 17.5. The van der Waals surface area contributed by atoms with Crippen LogP contribution < -0.4 is 0 Å². The predicted octanol–water partition coefficient (Wildman–Crippen LogP) is 2.75. The van der Waals surface area contributed by atoms with Crippen LogP contribution in [0.2, 0.25) is 0 Å². The van der Waals surface area contributed by atoms with Gasteiger partial charge in [-0.3, -0.25) is 0 Å². The normalized spacial score (nSPS) is 25.9. The first-order valence-corrected chi connectivity index (χ1v) is 9.30. The molecule has 3 rings (SSSR count). The lowest BCUT2D eigenvalue weighted by Crippen LogP contribution is -2.18. The van der Waals surface area contributed by atoms with E-state index >= 15 is 0 Å². The Morgan fingerprint density at radius 3 is 2.00 bits per heavy atom. The molecule has 0 saturated heterocycles. The number of hydrogen-bond acceptors (Lipinski definition) is 4. The quantitative estimate of drug-likeness (QED) is 0.927. The fraction of sp³-hybridized carbons (Fsp3) is 0.316. The molecule has 0 bridgehead atoms. The maximum absolute atomic E-state index is 13.0. The van der Waals surface area contributed by atoms with Crippen molar-refractivity contribution in [3.05, 3.63) is 65.2 Å². The SMILES string of the molecule is Cc1ccc([C@@H]2[C@@H](S(=O)(=O)c3ccc(C)cc3)[C@]2(C#N)CO)cc1. The molecule has 0 heterocycles. The van der Waals surface area contributed by atoms with Crippen molar-refractivity contribution in [2.75, 3.05) is 6.61 Å². The largest absolute Gasteiger partial charge is 0.395 e. The molecule has 1 aliphatic carbocycles. The second kappa shape index (κ2) is 5.73. The standard InChI is InChI=1S/C19H19NO3S/c1-13-3-7-15(8-4-13)17-18(19(17,11-20)12-21)24(22,23)16-9-5-14(2)6-10-16/h3-10,17-18,21H,12H2,1-2H3/t17-,18-,19-/m1/s1. The van der Waals surface area contributed by atoms with Crippen LogP contribution in [-0.4, -0.2) is 25.4 Å². The summed E-state index contributed by atoms with van der Waals surface area (Å²) in [5.41, 5.74) is 1.52. The van der Waals surface area contributed by atoms with Crippen molar-refractivity contribution in [1.29, 1.82) is 5.26 Å². The van der Waals surface area contributed by atoms with Crippen molar-refractivity contribution in [2.45, 2.75) is 29.9 Å². The number of nitrogens with zero attached hydrogens (tertiary/aromatic N) is 1. The summed E-state index contributed by atoms with van der Waals surface area (Å²) in [5, 5.41) is 18.4. The number of aliphatic hydroxyl groups is 1. The van der Waals surface area contributed by atoms with Crippen molar-refractivity contribution < 1.29 is 13.5 Å². The van der Waals surface area contributed by atoms with Gasteiger partial charge in [-0.2, -0.15) is 5.26 Å². The van der Waals surface area contributed by atoms with Crippen LogP contribution in [0.1, 0.15) is 22.6 Å². The summed E-state index contributed by atoms with van der Waals surface area (Å²) in [5.74, 6) is -0.514. The van der Waals surface area contributed by atoms with E-state index in [-0.39, 0.29) is 4.90 Å². The Balaban J connectivity index is 2.06. The maximum atomic E-state index is 13.0. The van der Waals surface area contributed by atoms with Crippen LogP contribution in [0.4, 0.5) is 0 Å². The summed E-state index contributed by atoms with van der Waals surface area (Å²) in [4.78, 5) is 0.195. The first kappa shape index (κ1) is 16.7. The zero-order valence-corrected chi connectivity index (χ0v) is 14.4. The third-order valence-electron chi connectivity index (χ3n) is 4.85. The Hall–Kier alpha value is -2.16. The Morgan fingerprint density at radius 1 is 1.04 bits per heavy atom. The summed E-state index contributed by atoms with van der Waals surface area (Å²) < 4.78 is 26.1. The van der Waals surface area contributed by atoms with E-state index in [2.05, 4.69) is 6.07 Å². The highest BCUT2D eigenvalue weighted by Gasteiger charge is 2.72. The molecular weight excluding hydrogens is 322 g/mol. The van der Waals surface area contributed by atoms with Crippen LogP contribution in [0.5, 0.6) is 0 Å². The smallest absolute Gasteiger partial charge is 0.183 e. The monoisotopic (exact) mass is 341 g/mol. The molecule has 0 aliphatic heterocycles. The van der Waals surface area contributed by atoms with E-state index in [0.717, 1.165) is 16.7 Å². The summed E-state index contributed by atoms with van der Waals surface area (Å²) in [6, 6.07) is 16.1. The van der Waals surface area contributed by atoms with Gasteiger partial charge in [0.2, 0.25) is 0 Å². The highest BCUT2D eigenvalue weighted by Crippen LogP contribution is 2.63. The van der Waals surface area contributed by atoms with Crippen molar-refractivity contribution in [3.63, 3.8) is 0 Å². The Kier molecular flexibility index (Phi) is 3.98. The molecule has 124 valence electrons. The Bertz CT molecular complexity index is 895. The van der Waals surface area contributed by atoms with Gasteiger partial charge in [-0.25, -0.2) is 8.42 Å². The molecule has 1 aliphatic rings. The molecular formula is C19H19NO3S. The fourth-order valence-corrected chi connectivity index (χ4v) is 5.65. The molecule has 0 radical (unpaired) electrons. The summed E-state index contributed by atoms with van der Waals surface area (Å²) >= 11 is 0. The average Bonchev–Trinajstić information content (AvgIpc) is 3.26. The number of sulfone groups is 1. The molecule has 1 saturated carbocycles.